The lowest BCUT2D eigenvalue weighted by atomic mass is 10.1. The van der Waals surface area contributed by atoms with Crippen LogP contribution in [0.5, 0.6) is 17.4 Å². The maximum atomic E-state index is 13.1. The summed E-state index contributed by atoms with van der Waals surface area (Å²) in [6.45, 7) is 0.973. The molecule has 0 radical (unpaired) electrons. The van der Waals surface area contributed by atoms with Crippen LogP contribution in [-0.4, -0.2) is 24.2 Å². The van der Waals surface area contributed by atoms with Gasteiger partial charge in [0.05, 0.1) is 30.5 Å². The summed E-state index contributed by atoms with van der Waals surface area (Å²) in [6, 6.07) is 17.7. The molecule has 2 aromatic carbocycles. The van der Waals surface area contributed by atoms with E-state index in [0.717, 1.165) is 29.0 Å². The number of hydrogen-bond donors (Lipinski definition) is 1. The molecule has 4 aromatic rings. The number of alkyl halides is 3. The van der Waals surface area contributed by atoms with Gasteiger partial charge in [-0.15, -0.1) is 0 Å². The number of methoxy groups -OCH3 is 2. The number of aromatic nitrogens is 2. The minimum absolute atomic E-state index is 0.189. The summed E-state index contributed by atoms with van der Waals surface area (Å²) in [5.41, 5.74) is 2.67. The van der Waals surface area contributed by atoms with Crippen LogP contribution in [0.25, 0.3) is 11.3 Å². The minimum Gasteiger partial charge on any atom is -0.497 e. The number of hydrogen-bond acceptors (Lipinski definition) is 5. The Bertz CT molecular complexity index is 1270. The third-order valence-electron chi connectivity index (χ3n) is 5.42. The Labute approximate surface area is 206 Å². The Morgan fingerprint density at radius 1 is 0.806 bits per heavy atom. The zero-order chi connectivity index (χ0) is 25.5. The lowest BCUT2D eigenvalue weighted by Gasteiger charge is -2.13. The van der Waals surface area contributed by atoms with Crippen molar-refractivity contribution in [3.8, 4) is 28.6 Å². The molecular weight excluding hydrogens is 473 g/mol. The molecule has 0 fully saturated rings. The Hall–Kier alpha value is -3.98. The van der Waals surface area contributed by atoms with Crippen LogP contribution >= 0.6 is 0 Å². The van der Waals surface area contributed by atoms with Crippen LogP contribution in [0.3, 0.4) is 0 Å². The number of aromatic amines is 1. The SMILES string of the molecule is COCc1ccc(COc2cc(OCc3ccc(OC)cc3)c(-c3cc(C(F)(F)F)c[nH]3)cn2)cc1. The van der Waals surface area contributed by atoms with Crippen molar-refractivity contribution in [2.24, 2.45) is 0 Å². The zero-order valence-corrected chi connectivity index (χ0v) is 19.8. The predicted molar refractivity (Wildman–Crippen MR) is 128 cm³/mol. The Balaban J connectivity index is 1.55. The van der Waals surface area contributed by atoms with Crippen LogP contribution < -0.4 is 14.2 Å². The van der Waals surface area contributed by atoms with Crippen molar-refractivity contribution in [1.29, 1.82) is 0 Å². The fourth-order valence-corrected chi connectivity index (χ4v) is 3.47. The molecule has 2 aromatic heterocycles. The number of H-pyrrole nitrogens is 1. The van der Waals surface area contributed by atoms with Gasteiger partial charge in [-0.25, -0.2) is 4.98 Å². The molecule has 188 valence electrons. The third kappa shape index (κ3) is 6.37. The number of nitrogens with one attached hydrogen (secondary N) is 1. The van der Waals surface area contributed by atoms with Crippen molar-refractivity contribution in [3.05, 3.63) is 95.3 Å². The number of nitrogens with zero attached hydrogens (tertiary/aromatic N) is 1. The molecule has 9 heteroatoms. The van der Waals surface area contributed by atoms with Crippen molar-refractivity contribution < 1.29 is 32.1 Å². The van der Waals surface area contributed by atoms with Gasteiger partial charge >= 0.3 is 6.18 Å². The lowest BCUT2D eigenvalue weighted by molar-refractivity contribution is -0.137. The second kappa shape index (κ2) is 11.2. The maximum Gasteiger partial charge on any atom is 0.417 e. The van der Waals surface area contributed by atoms with Crippen molar-refractivity contribution in [2.75, 3.05) is 14.2 Å². The van der Waals surface area contributed by atoms with Crippen molar-refractivity contribution in [2.45, 2.75) is 26.0 Å². The summed E-state index contributed by atoms with van der Waals surface area (Å²) >= 11 is 0. The summed E-state index contributed by atoms with van der Waals surface area (Å²) in [5.74, 6) is 1.33. The summed E-state index contributed by atoms with van der Waals surface area (Å²) < 4.78 is 61.5. The number of rotatable bonds is 10. The van der Waals surface area contributed by atoms with Crippen LogP contribution in [0.2, 0.25) is 0 Å². The van der Waals surface area contributed by atoms with E-state index in [0.29, 0.717) is 23.7 Å². The molecule has 0 saturated heterocycles. The lowest BCUT2D eigenvalue weighted by Crippen LogP contribution is -2.02. The van der Waals surface area contributed by atoms with E-state index in [1.54, 1.807) is 32.4 Å². The minimum atomic E-state index is -4.46. The fraction of sp³-hybridized carbons (Fsp3) is 0.222. The zero-order valence-electron chi connectivity index (χ0n) is 19.8. The quantitative estimate of drug-likeness (QED) is 0.274. The molecule has 4 rings (SSSR count). The molecular formula is C27H25F3N2O4. The van der Waals surface area contributed by atoms with Gasteiger partial charge in [0.15, 0.2) is 0 Å². The largest absolute Gasteiger partial charge is 0.497 e. The van der Waals surface area contributed by atoms with E-state index in [9.17, 15) is 13.2 Å². The van der Waals surface area contributed by atoms with E-state index in [1.165, 1.54) is 6.20 Å². The van der Waals surface area contributed by atoms with Crippen molar-refractivity contribution >= 4 is 0 Å². The molecule has 0 bridgehead atoms. The first kappa shape index (κ1) is 25.1. The van der Waals surface area contributed by atoms with Gasteiger partial charge in [0.1, 0.15) is 24.7 Å². The van der Waals surface area contributed by atoms with Gasteiger partial charge in [0.25, 0.3) is 0 Å². The summed E-state index contributed by atoms with van der Waals surface area (Å²) in [6.07, 6.45) is -2.11. The summed E-state index contributed by atoms with van der Waals surface area (Å²) in [7, 11) is 3.22. The number of ether oxygens (including phenoxy) is 4. The first-order chi connectivity index (χ1) is 17.4. The molecule has 0 saturated carbocycles. The molecule has 0 atom stereocenters. The molecule has 0 aliphatic carbocycles. The van der Waals surface area contributed by atoms with Gasteiger partial charge in [-0.3, -0.25) is 0 Å². The molecule has 6 nitrogen and oxygen atoms in total. The number of benzene rings is 2. The van der Waals surface area contributed by atoms with Crippen LogP contribution in [0, 0.1) is 0 Å². The van der Waals surface area contributed by atoms with Crippen LogP contribution in [0.4, 0.5) is 13.2 Å². The van der Waals surface area contributed by atoms with E-state index in [4.69, 9.17) is 18.9 Å². The van der Waals surface area contributed by atoms with Gasteiger partial charge in [-0.05, 0) is 34.9 Å². The average Bonchev–Trinajstić information content (AvgIpc) is 3.38. The highest BCUT2D eigenvalue weighted by Crippen LogP contribution is 2.36. The molecule has 0 aliphatic heterocycles. The van der Waals surface area contributed by atoms with E-state index < -0.39 is 11.7 Å². The molecule has 0 spiro atoms. The highest BCUT2D eigenvalue weighted by Gasteiger charge is 2.32. The van der Waals surface area contributed by atoms with Gasteiger partial charge < -0.3 is 23.9 Å². The topological polar surface area (TPSA) is 65.6 Å². The number of halogens is 3. The van der Waals surface area contributed by atoms with Gasteiger partial charge in [0.2, 0.25) is 5.88 Å². The predicted octanol–water partition coefficient (Wildman–Crippen LogP) is 6.41. The molecule has 0 unspecified atom stereocenters. The Kier molecular flexibility index (Phi) is 7.80. The van der Waals surface area contributed by atoms with Crippen LogP contribution in [0.15, 0.2) is 73.1 Å². The maximum absolute atomic E-state index is 13.1. The Morgan fingerprint density at radius 3 is 2.00 bits per heavy atom. The van der Waals surface area contributed by atoms with Gasteiger partial charge in [0, 0.05) is 25.6 Å². The molecule has 0 aliphatic rings. The first-order valence-corrected chi connectivity index (χ1v) is 11.1. The van der Waals surface area contributed by atoms with Crippen LogP contribution in [-0.2, 0) is 30.7 Å². The highest BCUT2D eigenvalue weighted by atomic mass is 19.4. The second-order valence-corrected chi connectivity index (χ2v) is 7.99. The molecule has 2 heterocycles. The van der Waals surface area contributed by atoms with E-state index >= 15 is 0 Å². The van der Waals surface area contributed by atoms with Crippen molar-refractivity contribution in [3.63, 3.8) is 0 Å². The van der Waals surface area contributed by atoms with E-state index in [2.05, 4.69) is 9.97 Å². The fourth-order valence-electron chi connectivity index (χ4n) is 3.47. The summed E-state index contributed by atoms with van der Waals surface area (Å²) in [4.78, 5) is 6.95. The molecule has 1 N–H and O–H groups in total. The van der Waals surface area contributed by atoms with E-state index in [-0.39, 0.29) is 24.8 Å². The molecule has 0 amide bonds. The highest BCUT2D eigenvalue weighted by molar-refractivity contribution is 5.68. The smallest absolute Gasteiger partial charge is 0.417 e. The van der Waals surface area contributed by atoms with Gasteiger partial charge in [-0.1, -0.05) is 36.4 Å². The standard InChI is InChI=1S/C27H25F3N2O4/c1-33-15-18-3-5-19(6-4-18)17-36-26-12-25(35-16-20-7-9-22(34-2)10-8-20)23(14-32-26)24-11-21(13-31-24)27(28,29)30/h3-14,31H,15-17H2,1-2H3. The number of pyridine rings is 1. The second-order valence-electron chi connectivity index (χ2n) is 7.99. The van der Waals surface area contributed by atoms with Gasteiger partial charge in [-0.2, -0.15) is 13.2 Å². The molecule has 36 heavy (non-hydrogen) atoms. The monoisotopic (exact) mass is 498 g/mol. The average molecular weight is 499 g/mol. The van der Waals surface area contributed by atoms with E-state index in [1.807, 2.05) is 36.4 Å². The van der Waals surface area contributed by atoms with Crippen molar-refractivity contribution in [1.82, 2.24) is 9.97 Å². The summed E-state index contributed by atoms with van der Waals surface area (Å²) in [5, 5.41) is 0. The normalized spacial score (nSPS) is 11.4. The first-order valence-electron chi connectivity index (χ1n) is 11.1. The van der Waals surface area contributed by atoms with Crippen LogP contribution in [0.1, 0.15) is 22.3 Å². The third-order valence-corrected chi connectivity index (χ3v) is 5.42. The Morgan fingerprint density at radius 2 is 1.42 bits per heavy atom.